The van der Waals surface area contributed by atoms with E-state index < -0.39 is 23.9 Å². The van der Waals surface area contributed by atoms with E-state index in [0.717, 1.165) is 33.4 Å². The highest BCUT2D eigenvalue weighted by atomic mass is 16.5. The van der Waals surface area contributed by atoms with Gasteiger partial charge < -0.3 is 28.4 Å². The van der Waals surface area contributed by atoms with Crippen LogP contribution in [0.1, 0.15) is 74.8 Å². The number of esters is 4. The molecule has 0 radical (unpaired) electrons. The zero-order valence-corrected chi connectivity index (χ0v) is 25.8. The minimum absolute atomic E-state index is 0.105. The lowest BCUT2D eigenvalue weighted by Gasteiger charge is -2.20. The van der Waals surface area contributed by atoms with E-state index in [9.17, 15) is 19.2 Å². The number of benzene rings is 3. The van der Waals surface area contributed by atoms with Crippen LogP contribution < -0.4 is 9.47 Å². The molecule has 0 amide bonds. The Bertz CT molecular complexity index is 1490. The third kappa shape index (κ3) is 6.54. The Morgan fingerprint density at radius 1 is 0.386 bits per heavy atom. The first-order chi connectivity index (χ1) is 21.2. The Morgan fingerprint density at radius 2 is 0.591 bits per heavy atom. The predicted octanol–water partition coefficient (Wildman–Crippen LogP) is 4.52. The van der Waals surface area contributed by atoms with E-state index in [1.807, 2.05) is 12.1 Å². The summed E-state index contributed by atoms with van der Waals surface area (Å²) in [6, 6.07) is 10.6. The van der Waals surface area contributed by atoms with Crippen molar-refractivity contribution in [2.75, 3.05) is 42.7 Å². The largest absolute Gasteiger partial charge is 0.493 e. The van der Waals surface area contributed by atoms with E-state index in [0.29, 0.717) is 50.0 Å². The molecule has 0 atom stereocenters. The molecule has 0 spiro atoms. The van der Waals surface area contributed by atoms with Gasteiger partial charge in [0.05, 0.1) is 64.9 Å². The van der Waals surface area contributed by atoms with Gasteiger partial charge in [0.15, 0.2) is 11.5 Å². The molecule has 3 aromatic rings. The molecule has 10 nitrogen and oxygen atoms in total. The van der Waals surface area contributed by atoms with Crippen molar-refractivity contribution in [3.63, 3.8) is 0 Å². The van der Waals surface area contributed by atoms with Gasteiger partial charge in [0.2, 0.25) is 0 Å². The maximum Gasteiger partial charge on any atom is 0.338 e. The van der Waals surface area contributed by atoms with Gasteiger partial charge >= 0.3 is 23.9 Å². The van der Waals surface area contributed by atoms with Crippen molar-refractivity contribution in [1.82, 2.24) is 0 Å². The third-order valence-electron chi connectivity index (χ3n) is 8.00. The number of methoxy groups -OCH3 is 6. The molecule has 0 bridgehead atoms. The zero-order chi connectivity index (χ0) is 32.0. The third-order valence-corrected chi connectivity index (χ3v) is 8.00. The summed E-state index contributed by atoms with van der Waals surface area (Å²) in [4.78, 5) is 51.0. The lowest BCUT2D eigenvalue weighted by molar-refractivity contribution is 0.0555. The fourth-order valence-electron chi connectivity index (χ4n) is 5.66. The fraction of sp³-hybridized carbons (Fsp3) is 0.353. The van der Waals surface area contributed by atoms with Gasteiger partial charge in [0.25, 0.3) is 0 Å². The number of aryl methyl sites for hydroxylation is 6. The Hall–Kier alpha value is -4.86. The molecule has 3 aromatic carbocycles. The Morgan fingerprint density at radius 3 is 0.773 bits per heavy atom. The number of hydrogen-bond donors (Lipinski definition) is 0. The van der Waals surface area contributed by atoms with Crippen LogP contribution >= 0.6 is 0 Å². The van der Waals surface area contributed by atoms with Crippen molar-refractivity contribution in [1.29, 1.82) is 0 Å². The van der Waals surface area contributed by atoms with Crippen LogP contribution in [0.3, 0.4) is 0 Å². The summed E-state index contributed by atoms with van der Waals surface area (Å²) >= 11 is 0. The number of ether oxygens (including phenoxy) is 6. The summed E-state index contributed by atoms with van der Waals surface area (Å²) in [5.41, 5.74) is 5.88. The number of rotatable bonds is 6. The van der Waals surface area contributed by atoms with Crippen molar-refractivity contribution in [2.45, 2.75) is 38.5 Å². The summed E-state index contributed by atoms with van der Waals surface area (Å²) < 4.78 is 31.1. The first-order valence-corrected chi connectivity index (χ1v) is 14.1. The monoisotopic (exact) mass is 604 g/mol. The lowest BCUT2D eigenvalue weighted by Crippen LogP contribution is -2.16. The van der Waals surface area contributed by atoms with Crippen LogP contribution in [0, 0.1) is 0 Å². The molecule has 0 aliphatic heterocycles. The van der Waals surface area contributed by atoms with Crippen LogP contribution in [0.2, 0.25) is 0 Å². The molecule has 10 heteroatoms. The van der Waals surface area contributed by atoms with Crippen molar-refractivity contribution < 1.29 is 47.6 Å². The van der Waals surface area contributed by atoms with E-state index in [4.69, 9.17) is 28.4 Å². The second kappa shape index (κ2) is 14.1. The van der Waals surface area contributed by atoms with Gasteiger partial charge in [0.1, 0.15) is 0 Å². The zero-order valence-electron chi connectivity index (χ0n) is 25.8. The first kappa shape index (κ1) is 32.1. The van der Waals surface area contributed by atoms with E-state index in [-0.39, 0.29) is 22.3 Å². The minimum Gasteiger partial charge on any atom is -0.493 e. The molecule has 0 unspecified atom stereocenters. The minimum atomic E-state index is -0.655. The lowest BCUT2D eigenvalue weighted by atomic mass is 9.86. The van der Waals surface area contributed by atoms with Gasteiger partial charge in [-0.25, -0.2) is 19.2 Å². The molecular formula is C34H36O10. The number of carbonyl (C=O) groups is 4. The van der Waals surface area contributed by atoms with Gasteiger partial charge in [-0.1, -0.05) is 0 Å². The van der Waals surface area contributed by atoms with Gasteiger partial charge in [-0.15, -0.1) is 0 Å². The quantitative estimate of drug-likeness (QED) is 0.293. The molecule has 1 aliphatic carbocycles. The van der Waals surface area contributed by atoms with Crippen LogP contribution in [0.5, 0.6) is 11.5 Å². The Labute approximate surface area is 256 Å². The van der Waals surface area contributed by atoms with Crippen molar-refractivity contribution >= 4 is 23.9 Å². The molecule has 44 heavy (non-hydrogen) atoms. The van der Waals surface area contributed by atoms with E-state index in [2.05, 4.69) is 0 Å². The molecule has 0 fully saturated rings. The Balaban J connectivity index is 1.96. The van der Waals surface area contributed by atoms with Crippen molar-refractivity contribution in [3.8, 4) is 11.5 Å². The summed E-state index contributed by atoms with van der Waals surface area (Å²) in [5, 5.41) is 0. The summed E-state index contributed by atoms with van der Waals surface area (Å²) in [6.07, 6.45) is 3.30. The maximum absolute atomic E-state index is 12.7. The average Bonchev–Trinajstić information content (AvgIpc) is 3.06. The van der Waals surface area contributed by atoms with Gasteiger partial charge in [0, 0.05) is 0 Å². The second-order valence-corrected chi connectivity index (χ2v) is 10.3. The standard InChI is InChI=1S/C34H36O10/c1-39-29-17-23-11-9-21-15-27(33(37)43-5)25(31(35)41-3)13-19(21)7-8-20-14-26(32(36)42-4)28(34(38)44-6)16-22(20)10-12-24(23)18-30(29)40-2/h13-18H,7-12H2,1-6H3. The number of carbonyl (C=O) groups excluding carboxylic acids is 4. The normalized spacial score (nSPS) is 12.6. The molecule has 4 rings (SSSR count). The molecule has 0 heterocycles. The van der Waals surface area contributed by atoms with E-state index in [1.54, 1.807) is 38.5 Å². The molecule has 232 valence electrons. The smallest absolute Gasteiger partial charge is 0.338 e. The highest BCUT2D eigenvalue weighted by molar-refractivity contribution is 6.04. The summed E-state index contributed by atoms with van der Waals surface area (Å²) in [5.74, 6) is -1.42. The number of hydrogen-bond acceptors (Lipinski definition) is 10. The SMILES string of the molecule is COC(=O)c1cc2c(cc1C(=O)OC)CCc1cc(C(=O)OC)c(C(=O)OC)cc1CCc1cc(OC)c(OC)cc1CC2. The van der Waals surface area contributed by atoms with Crippen LogP contribution in [-0.2, 0) is 57.5 Å². The highest BCUT2D eigenvalue weighted by Gasteiger charge is 2.25. The Kier molecular flexibility index (Phi) is 10.3. The predicted molar refractivity (Wildman–Crippen MR) is 160 cm³/mol. The molecule has 1 aliphatic rings. The molecular weight excluding hydrogens is 568 g/mol. The number of fused-ring (bicyclic) bond motifs is 3. The first-order valence-electron chi connectivity index (χ1n) is 14.1. The summed E-state index contributed by atoms with van der Waals surface area (Å²) in [7, 11) is 8.19. The van der Waals surface area contributed by atoms with Gasteiger partial charge in [-0.3, -0.25) is 0 Å². The highest BCUT2D eigenvalue weighted by Crippen LogP contribution is 2.34. The molecule has 0 N–H and O–H groups in total. The second-order valence-electron chi connectivity index (χ2n) is 10.3. The van der Waals surface area contributed by atoms with Crippen LogP contribution in [0.15, 0.2) is 36.4 Å². The van der Waals surface area contributed by atoms with E-state index in [1.165, 1.54) is 28.4 Å². The molecule has 0 saturated carbocycles. The van der Waals surface area contributed by atoms with E-state index >= 15 is 0 Å². The molecule has 0 aromatic heterocycles. The maximum atomic E-state index is 12.7. The van der Waals surface area contributed by atoms with Crippen LogP contribution in [0.4, 0.5) is 0 Å². The fourth-order valence-corrected chi connectivity index (χ4v) is 5.66. The molecule has 0 saturated heterocycles. The topological polar surface area (TPSA) is 124 Å². The van der Waals surface area contributed by atoms with Crippen molar-refractivity contribution in [2.24, 2.45) is 0 Å². The van der Waals surface area contributed by atoms with Gasteiger partial charge in [-0.2, -0.15) is 0 Å². The average molecular weight is 605 g/mol. The van der Waals surface area contributed by atoms with Crippen molar-refractivity contribution in [3.05, 3.63) is 92.0 Å². The van der Waals surface area contributed by atoms with Gasteiger partial charge in [-0.05, 0) is 108 Å². The summed E-state index contributed by atoms with van der Waals surface area (Å²) in [6.45, 7) is 0. The van der Waals surface area contributed by atoms with Crippen LogP contribution in [-0.4, -0.2) is 66.5 Å². The van der Waals surface area contributed by atoms with Crippen LogP contribution in [0.25, 0.3) is 0 Å².